The number of para-hydroxylation sites is 1. The maximum atomic E-state index is 13.6. The number of nitrogens with zero attached hydrogens (tertiary/aromatic N) is 3. The van der Waals surface area contributed by atoms with Gasteiger partial charge in [-0.1, -0.05) is 35.1 Å². The van der Waals surface area contributed by atoms with E-state index < -0.39 is 11.9 Å². The Morgan fingerprint density at radius 3 is 2.62 bits per heavy atom. The summed E-state index contributed by atoms with van der Waals surface area (Å²) in [6.45, 7) is 1.79. The fourth-order valence-electron chi connectivity index (χ4n) is 3.95. The number of aryl methyl sites for hydroxylation is 1. The van der Waals surface area contributed by atoms with E-state index in [0.717, 1.165) is 0 Å². The average molecular weight is 470 g/mol. The van der Waals surface area contributed by atoms with E-state index >= 15 is 0 Å². The second kappa shape index (κ2) is 7.61. The number of methoxy groups -OCH3 is 2. The highest BCUT2D eigenvalue weighted by molar-refractivity contribution is 7.15. The van der Waals surface area contributed by atoms with Crippen LogP contribution in [0.2, 0.25) is 5.02 Å². The van der Waals surface area contributed by atoms with Gasteiger partial charge in [0.25, 0.3) is 5.91 Å². The number of carbonyl (C=O) groups is 1. The molecule has 0 saturated heterocycles. The molecule has 0 fully saturated rings. The molecule has 0 aliphatic carbocycles. The van der Waals surface area contributed by atoms with E-state index in [9.17, 15) is 9.59 Å². The quantitative estimate of drug-likeness (QED) is 0.438. The second-order valence-corrected chi connectivity index (χ2v) is 8.68. The Hall–Kier alpha value is -3.43. The van der Waals surface area contributed by atoms with Crippen molar-refractivity contribution in [1.29, 1.82) is 0 Å². The van der Waals surface area contributed by atoms with Crippen LogP contribution in [0.3, 0.4) is 0 Å². The van der Waals surface area contributed by atoms with Gasteiger partial charge in [-0.15, -0.1) is 10.2 Å². The minimum Gasteiger partial charge on any atom is -0.493 e. The number of carbonyl (C=O) groups excluding carboxylic acids is 1. The fraction of sp³-hybridized carbons (Fsp3) is 0.182. The molecule has 4 aromatic rings. The van der Waals surface area contributed by atoms with E-state index in [1.807, 2.05) is 0 Å². The van der Waals surface area contributed by atoms with Crippen LogP contribution in [0.15, 0.2) is 45.6 Å². The van der Waals surface area contributed by atoms with Gasteiger partial charge in [0.15, 0.2) is 16.9 Å². The van der Waals surface area contributed by atoms with Crippen molar-refractivity contribution in [3.05, 3.63) is 73.5 Å². The molecule has 3 heterocycles. The van der Waals surface area contributed by atoms with E-state index in [4.69, 9.17) is 25.5 Å². The Morgan fingerprint density at radius 2 is 1.94 bits per heavy atom. The minimum atomic E-state index is -0.852. The number of halogens is 1. The third kappa shape index (κ3) is 2.96. The predicted molar refractivity (Wildman–Crippen MR) is 120 cm³/mol. The third-order valence-corrected chi connectivity index (χ3v) is 6.35. The van der Waals surface area contributed by atoms with Crippen LogP contribution in [0.1, 0.15) is 32.7 Å². The van der Waals surface area contributed by atoms with Crippen LogP contribution in [0, 0.1) is 6.92 Å². The third-order valence-electron chi connectivity index (χ3n) is 5.28. The standard InChI is InChI=1S/C22H16ClN3O5S/c1-10-24-25-22(32-10)26-17(12-5-4-6-15(29-2)19(12)30-3)16-18(27)13-9-11(23)7-8-14(13)31-20(16)21(26)28/h4-9,17H,1-3H3/t17-/m0/s1. The lowest BCUT2D eigenvalue weighted by Crippen LogP contribution is -2.29. The molecule has 1 atom stereocenters. The van der Waals surface area contributed by atoms with E-state index in [1.54, 1.807) is 37.3 Å². The number of ether oxygens (including phenoxy) is 2. The Bertz CT molecular complexity index is 1450. The Labute approximate surface area is 191 Å². The van der Waals surface area contributed by atoms with E-state index in [1.165, 1.54) is 36.5 Å². The van der Waals surface area contributed by atoms with E-state index in [0.29, 0.717) is 32.2 Å². The lowest BCUT2D eigenvalue weighted by atomic mass is 9.97. The molecule has 2 aromatic carbocycles. The monoisotopic (exact) mass is 469 g/mol. The van der Waals surface area contributed by atoms with Crippen molar-refractivity contribution in [2.45, 2.75) is 13.0 Å². The minimum absolute atomic E-state index is 0.0486. The molecule has 2 aromatic heterocycles. The van der Waals surface area contributed by atoms with Crippen LogP contribution in [-0.4, -0.2) is 30.3 Å². The smallest absolute Gasteiger partial charge is 0.297 e. The fourth-order valence-corrected chi connectivity index (χ4v) is 4.83. The molecule has 0 N–H and O–H groups in total. The first-order chi connectivity index (χ1) is 15.4. The first-order valence-corrected chi connectivity index (χ1v) is 10.7. The zero-order valence-corrected chi connectivity index (χ0v) is 18.8. The summed E-state index contributed by atoms with van der Waals surface area (Å²) >= 11 is 7.37. The molecule has 0 bridgehead atoms. The lowest BCUT2D eigenvalue weighted by molar-refractivity contribution is 0.0970. The van der Waals surface area contributed by atoms with Crippen LogP contribution in [0.4, 0.5) is 5.13 Å². The van der Waals surface area contributed by atoms with E-state index in [2.05, 4.69) is 10.2 Å². The zero-order valence-electron chi connectivity index (χ0n) is 17.2. The van der Waals surface area contributed by atoms with Crippen molar-refractivity contribution in [3.63, 3.8) is 0 Å². The summed E-state index contributed by atoms with van der Waals surface area (Å²) in [5.74, 6) is 0.331. The number of amides is 1. The van der Waals surface area contributed by atoms with Crippen LogP contribution in [-0.2, 0) is 0 Å². The summed E-state index contributed by atoms with van der Waals surface area (Å²) < 4.78 is 17.0. The second-order valence-electron chi connectivity index (χ2n) is 7.08. The van der Waals surface area contributed by atoms with Crippen molar-refractivity contribution in [2.24, 2.45) is 0 Å². The van der Waals surface area contributed by atoms with Crippen LogP contribution >= 0.6 is 22.9 Å². The Kier molecular flexibility index (Phi) is 4.87. The highest BCUT2D eigenvalue weighted by Gasteiger charge is 2.46. The summed E-state index contributed by atoms with van der Waals surface area (Å²) in [5.41, 5.74) is 0.665. The average Bonchev–Trinajstić information content (AvgIpc) is 3.34. The molecule has 32 heavy (non-hydrogen) atoms. The molecule has 162 valence electrons. The molecule has 0 saturated carbocycles. The van der Waals surface area contributed by atoms with Gasteiger partial charge in [-0.05, 0) is 31.2 Å². The number of benzene rings is 2. The van der Waals surface area contributed by atoms with Gasteiger partial charge in [0.05, 0.1) is 25.2 Å². The van der Waals surface area contributed by atoms with Crippen molar-refractivity contribution >= 4 is 44.9 Å². The Morgan fingerprint density at radius 1 is 1.12 bits per heavy atom. The highest BCUT2D eigenvalue weighted by atomic mass is 35.5. The zero-order chi connectivity index (χ0) is 22.6. The molecule has 1 aliphatic rings. The molecule has 0 radical (unpaired) electrons. The lowest BCUT2D eigenvalue weighted by Gasteiger charge is -2.24. The van der Waals surface area contributed by atoms with Crippen molar-refractivity contribution in [2.75, 3.05) is 19.1 Å². The summed E-state index contributed by atoms with van der Waals surface area (Å²) in [6.07, 6.45) is 0. The first-order valence-electron chi connectivity index (χ1n) is 9.55. The highest BCUT2D eigenvalue weighted by Crippen LogP contribution is 2.46. The van der Waals surface area contributed by atoms with Gasteiger partial charge in [-0.2, -0.15) is 0 Å². The van der Waals surface area contributed by atoms with Gasteiger partial charge in [-0.3, -0.25) is 14.5 Å². The van der Waals surface area contributed by atoms with Crippen molar-refractivity contribution < 1.29 is 18.7 Å². The maximum Gasteiger partial charge on any atom is 0.297 e. The van der Waals surface area contributed by atoms with Crippen LogP contribution in [0.25, 0.3) is 11.0 Å². The summed E-state index contributed by atoms with van der Waals surface area (Å²) in [7, 11) is 3.02. The number of rotatable bonds is 4. The van der Waals surface area contributed by atoms with Gasteiger partial charge in [-0.25, -0.2) is 0 Å². The first kappa shape index (κ1) is 20.5. The molecule has 10 heteroatoms. The van der Waals surface area contributed by atoms with Crippen molar-refractivity contribution in [3.8, 4) is 11.5 Å². The molecule has 1 aliphatic heterocycles. The number of anilines is 1. The molecule has 1 amide bonds. The molecule has 5 rings (SSSR count). The number of hydrogen-bond acceptors (Lipinski definition) is 8. The molecule has 8 nitrogen and oxygen atoms in total. The van der Waals surface area contributed by atoms with E-state index in [-0.39, 0.29) is 27.7 Å². The van der Waals surface area contributed by atoms with Gasteiger partial charge < -0.3 is 13.9 Å². The predicted octanol–water partition coefficient (Wildman–Crippen LogP) is 4.37. The topological polar surface area (TPSA) is 94.8 Å². The van der Waals surface area contributed by atoms with Gasteiger partial charge >= 0.3 is 0 Å². The largest absolute Gasteiger partial charge is 0.493 e. The van der Waals surface area contributed by atoms with Crippen LogP contribution in [0.5, 0.6) is 11.5 Å². The summed E-state index contributed by atoms with van der Waals surface area (Å²) in [5, 5.41) is 9.89. The summed E-state index contributed by atoms with van der Waals surface area (Å²) in [4.78, 5) is 28.6. The van der Waals surface area contributed by atoms with Gasteiger partial charge in [0.2, 0.25) is 10.9 Å². The number of hydrogen-bond donors (Lipinski definition) is 0. The van der Waals surface area contributed by atoms with Crippen molar-refractivity contribution in [1.82, 2.24) is 10.2 Å². The Balaban J connectivity index is 1.86. The number of fused-ring (bicyclic) bond motifs is 2. The van der Waals surface area contributed by atoms with Gasteiger partial charge in [0.1, 0.15) is 16.6 Å². The molecule has 0 spiro atoms. The number of aromatic nitrogens is 2. The van der Waals surface area contributed by atoms with Crippen LogP contribution < -0.4 is 19.8 Å². The van der Waals surface area contributed by atoms with Gasteiger partial charge in [0, 0.05) is 10.6 Å². The maximum absolute atomic E-state index is 13.6. The molecular weight excluding hydrogens is 454 g/mol. The SMILES string of the molecule is COc1cccc([C@H]2c3c(oc4ccc(Cl)cc4c3=O)C(=O)N2c2nnc(C)s2)c1OC. The molecular formula is C22H16ClN3O5S. The molecule has 0 unspecified atom stereocenters. The normalized spacial score (nSPS) is 15.3. The summed E-state index contributed by atoms with van der Waals surface area (Å²) in [6, 6.07) is 9.14.